The van der Waals surface area contributed by atoms with Gasteiger partial charge in [0.1, 0.15) is 6.04 Å². The number of urea groups is 1. The highest BCUT2D eigenvalue weighted by molar-refractivity contribution is 5.83. The lowest BCUT2D eigenvalue weighted by atomic mass is 9.92. The molecular weight excluding hydrogens is 256 g/mol. The first-order chi connectivity index (χ1) is 9.33. The quantitative estimate of drug-likeness (QED) is 0.806. The van der Waals surface area contributed by atoms with Crippen LogP contribution in [0.25, 0.3) is 0 Å². The van der Waals surface area contributed by atoms with Crippen molar-refractivity contribution < 1.29 is 14.3 Å². The molecule has 1 fully saturated rings. The van der Waals surface area contributed by atoms with E-state index in [2.05, 4.69) is 19.2 Å². The molecule has 0 radical (unpaired) electrons. The Morgan fingerprint density at radius 2 is 1.80 bits per heavy atom. The Morgan fingerprint density at radius 1 is 1.25 bits per heavy atom. The predicted octanol–water partition coefficient (Wildman–Crippen LogP) is 2.26. The van der Waals surface area contributed by atoms with E-state index < -0.39 is 6.04 Å². The number of nitrogens with one attached hydrogen (secondary N) is 1. The van der Waals surface area contributed by atoms with Crippen LogP contribution in [0.1, 0.15) is 40.5 Å². The van der Waals surface area contributed by atoms with Gasteiger partial charge in [-0.25, -0.2) is 9.59 Å². The fraction of sp³-hybridized carbons (Fsp3) is 0.867. The second kappa shape index (κ2) is 7.50. The van der Waals surface area contributed by atoms with E-state index in [1.54, 1.807) is 0 Å². The number of methoxy groups -OCH3 is 1. The number of carbonyl (C=O) groups excluding carboxylic acids is 2. The molecule has 1 N–H and O–H groups in total. The van der Waals surface area contributed by atoms with Crippen molar-refractivity contribution in [1.29, 1.82) is 0 Å². The fourth-order valence-electron chi connectivity index (χ4n) is 2.90. The lowest BCUT2D eigenvalue weighted by Crippen LogP contribution is -2.52. The molecule has 20 heavy (non-hydrogen) atoms. The standard InChI is InChI=1S/C15H28N2O3/c1-10(2)6-13(14(18)20-5)16-15(19)17-8-11(3)7-12(4)9-17/h10-13H,6-9H2,1-5H3,(H,16,19)/t11-,12+,13-/m0/s1. The molecular formula is C15H28N2O3. The third-order valence-corrected chi connectivity index (χ3v) is 3.65. The van der Waals surface area contributed by atoms with Gasteiger partial charge in [0.05, 0.1) is 7.11 Å². The molecule has 1 aliphatic rings. The number of rotatable bonds is 4. The second-order valence-electron chi connectivity index (χ2n) is 6.51. The average Bonchev–Trinajstić information content (AvgIpc) is 2.35. The predicted molar refractivity (Wildman–Crippen MR) is 78.3 cm³/mol. The molecule has 5 nitrogen and oxygen atoms in total. The highest BCUT2D eigenvalue weighted by atomic mass is 16.5. The van der Waals surface area contributed by atoms with Crippen molar-refractivity contribution in [1.82, 2.24) is 10.2 Å². The van der Waals surface area contributed by atoms with Crippen LogP contribution in [0.4, 0.5) is 4.79 Å². The normalized spacial score (nSPS) is 24.4. The number of piperidine rings is 1. The molecule has 0 aromatic heterocycles. The molecule has 116 valence electrons. The van der Waals surface area contributed by atoms with Crippen LogP contribution in [0, 0.1) is 17.8 Å². The molecule has 0 aromatic rings. The highest BCUT2D eigenvalue weighted by Gasteiger charge is 2.29. The van der Waals surface area contributed by atoms with Crippen molar-refractivity contribution in [3.8, 4) is 0 Å². The molecule has 2 amide bonds. The number of ether oxygens (including phenoxy) is 1. The summed E-state index contributed by atoms with van der Waals surface area (Å²) in [5.41, 5.74) is 0. The molecule has 0 spiro atoms. The zero-order valence-corrected chi connectivity index (χ0v) is 13.3. The first kappa shape index (κ1) is 16.8. The molecule has 1 rings (SSSR count). The molecule has 1 saturated heterocycles. The van der Waals surface area contributed by atoms with Gasteiger partial charge in [0.2, 0.25) is 0 Å². The van der Waals surface area contributed by atoms with Crippen molar-refractivity contribution in [2.75, 3.05) is 20.2 Å². The maximum absolute atomic E-state index is 12.3. The first-order valence-electron chi connectivity index (χ1n) is 7.46. The van der Waals surface area contributed by atoms with E-state index in [1.165, 1.54) is 7.11 Å². The summed E-state index contributed by atoms with van der Waals surface area (Å²) in [5, 5.41) is 2.82. The topological polar surface area (TPSA) is 58.6 Å². The molecule has 3 atom stereocenters. The number of carbonyl (C=O) groups is 2. The smallest absolute Gasteiger partial charge is 0.328 e. The maximum atomic E-state index is 12.3. The van der Waals surface area contributed by atoms with Crippen LogP contribution in [0.2, 0.25) is 0 Å². The summed E-state index contributed by atoms with van der Waals surface area (Å²) in [6, 6.07) is -0.709. The molecule has 0 aliphatic carbocycles. The largest absolute Gasteiger partial charge is 0.467 e. The van der Waals surface area contributed by atoms with Gasteiger partial charge in [0.25, 0.3) is 0 Å². The van der Waals surface area contributed by atoms with Crippen LogP contribution in [-0.4, -0.2) is 43.1 Å². The Balaban J connectivity index is 2.62. The van der Waals surface area contributed by atoms with Gasteiger partial charge in [0, 0.05) is 13.1 Å². The molecule has 0 saturated carbocycles. The van der Waals surface area contributed by atoms with Gasteiger partial charge in [-0.1, -0.05) is 27.7 Å². The Bertz CT molecular complexity index is 334. The van der Waals surface area contributed by atoms with Crippen molar-refractivity contribution in [3.63, 3.8) is 0 Å². The first-order valence-corrected chi connectivity index (χ1v) is 7.46. The average molecular weight is 284 g/mol. The van der Waals surface area contributed by atoms with E-state index in [-0.39, 0.29) is 12.0 Å². The van der Waals surface area contributed by atoms with E-state index in [9.17, 15) is 9.59 Å². The minimum absolute atomic E-state index is 0.153. The summed E-state index contributed by atoms with van der Waals surface area (Å²) < 4.78 is 4.77. The Hall–Kier alpha value is -1.26. The second-order valence-corrected chi connectivity index (χ2v) is 6.51. The number of hydrogen-bond acceptors (Lipinski definition) is 3. The minimum Gasteiger partial charge on any atom is -0.467 e. The third-order valence-electron chi connectivity index (χ3n) is 3.65. The van der Waals surface area contributed by atoms with E-state index in [0.29, 0.717) is 24.2 Å². The van der Waals surface area contributed by atoms with E-state index >= 15 is 0 Å². The molecule has 0 aromatic carbocycles. The van der Waals surface area contributed by atoms with Crippen molar-refractivity contribution in [3.05, 3.63) is 0 Å². The van der Waals surface area contributed by atoms with Crippen LogP contribution in [0.3, 0.4) is 0 Å². The zero-order chi connectivity index (χ0) is 15.3. The Labute approximate surface area is 122 Å². The highest BCUT2D eigenvalue weighted by Crippen LogP contribution is 2.21. The van der Waals surface area contributed by atoms with E-state index in [4.69, 9.17) is 4.74 Å². The summed E-state index contributed by atoms with van der Waals surface area (Å²) in [4.78, 5) is 25.9. The van der Waals surface area contributed by atoms with Crippen molar-refractivity contribution >= 4 is 12.0 Å². The maximum Gasteiger partial charge on any atom is 0.328 e. The number of likely N-dealkylation sites (tertiary alicyclic amines) is 1. The molecule has 1 aliphatic heterocycles. The summed E-state index contributed by atoms with van der Waals surface area (Å²) >= 11 is 0. The fourth-order valence-corrected chi connectivity index (χ4v) is 2.90. The number of esters is 1. The zero-order valence-electron chi connectivity index (χ0n) is 13.3. The van der Waals surface area contributed by atoms with Crippen LogP contribution in [0.5, 0.6) is 0 Å². The minimum atomic E-state index is -0.556. The Morgan fingerprint density at radius 3 is 2.25 bits per heavy atom. The van der Waals surface area contributed by atoms with Gasteiger partial charge in [0.15, 0.2) is 0 Å². The number of hydrogen-bond donors (Lipinski definition) is 1. The summed E-state index contributed by atoms with van der Waals surface area (Å²) in [5.74, 6) is 0.959. The Kier molecular flexibility index (Phi) is 6.30. The van der Waals surface area contributed by atoms with Gasteiger partial charge in [-0.3, -0.25) is 0 Å². The van der Waals surface area contributed by atoms with Crippen molar-refractivity contribution in [2.45, 2.75) is 46.6 Å². The summed E-state index contributed by atoms with van der Waals surface area (Å²) in [6.45, 7) is 9.86. The van der Waals surface area contributed by atoms with E-state index in [0.717, 1.165) is 19.5 Å². The van der Waals surface area contributed by atoms with Gasteiger partial charge >= 0.3 is 12.0 Å². The van der Waals surface area contributed by atoms with Crippen LogP contribution < -0.4 is 5.32 Å². The molecule has 5 heteroatoms. The lowest BCUT2D eigenvalue weighted by molar-refractivity contribution is -0.143. The van der Waals surface area contributed by atoms with Crippen molar-refractivity contribution in [2.24, 2.45) is 17.8 Å². The van der Waals surface area contributed by atoms with Gasteiger partial charge < -0.3 is 15.0 Å². The summed E-state index contributed by atoms with van der Waals surface area (Å²) in [7, 11) is 1.35. The number of amides is 2. The monoisotopic (exact) mass is 284 g/mol. The molecule has 0 unspecified atom stereocenters. The number of nitrogens with zero attached hydrogens (tertiary/aromatic N) is 1. The van der Waals surface area contributed by atoms with Crippen LogP contribution in [-0.2, 0) is 9.53 Å². The van der Waals surface area contributed by atoms with Gasteiger partial charge in [-0.2, -0.15) is 0 Å². The molecule has 0 bridgehead atoms. The van der Waals surface area contributed by atoms with E-state index in [1.807, 2.05) is 18.7 Å². The summed E-state index contributed by atoms with van der Waals surface area (Å²) in [6.07, 6.45) is 1.74. The third kappa shape index (κ3) is 5.02. The lowest BCUT2D eigenvalue weighted by Gasteiger charge is -2.35. The van der Waals surface area contributed by atoms with Crippen LogP contribution >= 0.6 is 0 Å². The van der Waals surface area contributed by atoms with Gasteiger partial charge in [-0.15, -0.1) is 0 Å². The van der Waals surface area contributed by atoms with Crippen LogP contribution in [0.15, 0.2) is 0 Å². The van der Waals surface area contributed by atoms with Gasteiger partial charge in [-0.05, 0) is 30.6 Å². The molecule has 1 heterocycles. The SMILES string of the molecule is COC(=O)[C@H](CC(C)C)NC(=O)N1C[C@H](C)C[C@H](C)C1.